The maximum Gasteiger partial charge on any atom is 0.327 e. The summed E-state index contributed by atoms with van der Waals surface area (Å²) >= 11 is 0. The summed E-state index contributed by atoms with van der Waals surface area (Å²) in [6.07, 6.45) is 5.16. The smallest absolute Gasteiger partial charge is 0.306 e. The molecule has 3 rings (SSSR count). The highest BCUT2D eigenvalue weighted by Gasteiger charge is 2.22. The lowest BCUT2D eigenvalue weighted by Gasteiger charge is -2.29. The number of likely N-dealkylation sites (tertiary alicyclic amines) is 1. The fraction of sp³-hybridized carbons (Fsp3) is 0.545. The summed E-state index contributed by atoms with van der Waals surface area (Å²) in [6, 6.07) is 0.262. The van der Waals surface area contributed by atoms with Crippen molar-refractivity contribution >= 4 is 11.2 Å². The van der Waals surface area contributed by atoms with Crippen molar-refractivity contribution in [2.45, 2.75) is 18.9 Å². The van der Waals surface area contributed by atoms with E-state index in [2.05, 4.69) is 26.9 Å². The Kier molecular flexibility index (Phi) is 2.44. The van der Waals surface area contributed by atoms with Crippen LogP contribution < -0.4 is 5.69 Å². The quantitative estimate of drug-likeness (QED) is 0.773. The van der Waals surface area contributed by atoms with E-state index in [0.29, 0.717) is 5.65 Å². The summed E-state index contributed by atoms with van der Waals surface area (Å²) < 4.78 is 1.81. The van der Waals surface area contributed by atoms with E-state index in [9.17, 15) is 4.79 Å². The largest absolute Gasteiger partial charge is 0.327 e. The minimum atomic E-state index is -0.0740. The molecule has 3 heterocycles. The van der Waals surface area contributed by atoms with Crippen molar-refractivity contribution in [3.63, 3.8) is 0 Å². The monoisotopic (exact) mass is 233 g/mol. The average molecular weight is 233 g/mol. The number of rotatable bonds is 1. The van der Waals surface area contributed by atoms with E-state index in [4.69, 9.17) is 0 Å². The molecule has 2 aromatic rings. The Labute approximate surface area is 98.3 Å². The fourth-order valence-electron chi connectivity index (χ4n) is 2.48. The van der Waals surface area contributed by atoms with Gasteiger partial charge in [-0.3, -0.25) is 9.55 Å². The van der Waals surface area contributed by atoms with Crippen molar-refractivity contribution in [2.75, 3.05) is 20.1 Å². The van der Waals surface area contributed by atoms with Crippen LogP contribution >= 0.6 is 0 Å². The minimum Gasteiger partial charge on any atom is -0.306 e. The van der Waals surface area contributed by atoms with Gasteiger partial charge in [0, 0.05) is 6.04 Å². The first kappa shape index (κ1) is 10.5. The lowest BCUT2D eigenvalue weighted by molar-refractivity contribution is 0.221. The summed E-state index contributed by atoms with van der Waals surface area (Å²) in [5, 5.41) is 0. The van der Waals surface area contributed by atoms with E-state index in [1.807, 2.05) is 4.57 Å². The molecule has 2 aromatic heterocycles. The van der Waals surface area contributed by atoms with E-state index in [-0.39, 0.29) is 11.7 Å². The van der Waals surface area contributed by atoms with E-state index in [1.54, 1.807) is 6.20 Å². The van der Waals surface area contributed by atoms with Crippen molar-refractivity contribution in [1.29, 1.82) is 0 Å². The molecule has 0 aromatic carbocycles. The van der Waals surface area contributed by atoms with Crippen molar-refractivity contribution in [1.82, 2.24) is 24.4 Å². The van der Waals surface area contributed by atoms with Gasteiger partial charge in [-0.2, -0.15) is 0 Å². The van der Waals surface area contributed by atoms with Gasteiger partial charge in [-0.15, -0.1) is 0 Å². The van der Waals surface area contributed by atoms with Crippen molar-refractivity contribution in [3.8, 4) is 0 Å². The lowest BCUT2D eigenvalue weighted by Crippen LogP contribution is -2.34. The molecule has 90 valence electrons. The first-order valence-corrected chi connectivity index (χ1v) is 5.84. The normalized spacial score (nSPS) is 18.9. The third-order valence-electron chi connectivity index (χ3n) is 3.45. The second-order valence-corrected chi connectivity index (χ2v) is 4.59. The molecule has 1 fully saturated rings. The van der Waals surface area contributed by atoms with Gasteiger partial charge in [-0.1, -0.05) is 0 Å². The second-order valence-electron chi connectivity index (χ2n) is 4.59. The molecular weight excluding hydrogens is 218 g/mol. The van der Waals surface area contributed by atoms with Gasteiger partial charge in [0.05, 0.1) is 6.20 Å². The van der Waals surface area contributed by atoms with E-state index in [1.165, 1.54) is 6.33 Å². The van der Waals surface area contributed by atoms with Gasteiger partial charge in [-0.25, -0.2) is 14.8 Å². The summed E-state index contributed by atoms with van der Waals surface area (Å²) in [4.78, 5) is 25.1. The van der Waals surface area contributed by atoms with Crippen molar-refractivity contribution < 1.29 is 0 Å². The van der Waals surface area contributed by atoms with Crippen LogP contribution in [0.4, 0.5) is 0 Å². The maximum atomic E-state index is 11.9. The molecule has 0 unspecified atom stereocenters. The van der Waals surface area contributed by atoms with Crippen molar-refractivity contribution in [2.24, 2.45) is 0 Å². The number of aromatic nitrogens is 4. The Morgan fingerprint density at radius 3 is 2.94 bits per heavy atom. The second kappa shape index (κ2) is 3.96. The molecule has 6 heteroatoms. The van der Waals surface area contributed by atoms with Crippen LogP contribution in [0.5, 0.6) is 0 Å². The zero-order chi connectivity index (χ0) is 11.8. The maximum absolute atomic E-state index is 11.9. The van der Waals surface area contributed by atoms with Gasteiger partial charge in [0.2, 0.25) is 0 Å². The van der Waals surface area contributed by atoms with E-state index >= 15 is 0 Å². The first-order chi connectivity index (χ1) is 8.25. The highest BCUT2D eigenvalue weighted by atomic mass is 16.1. The number of hydrogen-bond donors (Lipinski definition) is 1. The summed E-state index contributed by atoms with van der Waals surface area (Å²) in [5.41, 5.74) is 1.37. The zero-order valence-corrected chi connectivity index (χ0v) is 9.76. The van der Waals surface area contributed by atoms with Gasteiger partial charge in [0.25, 0.3) is 0 Å². The summed E-state index contributed by atoms with van der Waals surface area (Å²) in [6.45, 7) is 2.05. The highest BCUT2D eigenvalue weighted by Crippen LogP contribution is 2.22. The molecule has 0 aliphatic carbocycles. The summed E-state index contributed by atoms with van der Waals surface area (Å²) in [5.74, 6) is 0. The molecule has 0 saturated carbocycles. The minimum absolute atomic E-state index is 0.0740. The van der Waals surface area contributed by atoms with Crippen LogP contribution in [0.3, 0.4) is 0 Å². The van der Waals surface area contributed by atoms with Gasteiger partial charge >= 0.3 is 5.69 Å². The predicted molar refractivity (Wildman–Crippen MR) is 63.9 cm³/mol. The third kappa shape index (κ3) is 1.74. The third-order valence-corrected chi connectivity index (χ3v) is 3.45. The predicted octanol–water partition coefficient (Wildman–Crippen LogP) is 0.386. The van der Waals surface area contributed by atoms with Crippen molar-refractivity contribution in [3.05, 3.63) is 23.0 Å². The Morgan fingerprint density at radius 2 is 2.18 bits per heavy atom. The Morgan fingerprint density at radius 1 is 1.41 bits per heavy atom. The molecule has 1 aliphatic rings. The van der Waals surface area contributed by atoms with Gasteiger partial charge < -0.3 is 4.90 Å². The van der Waals surface area contributed by atoms with Gasteiger partial charge in [0.1, 0.15) is 11.8 Å². The van der Waals surface area contributed by atoms with Crippen LogP contribution in [-0.2, 0) is 0 Å². The molecular formula is C11H15N5O. The Hall–Kier alpha value is -1.69. The average Bonchev–Trinajstić information content (AvgIpc) is 2.66. The molecule has 0 atom stereocenters. The van der Waals surface area contributed by atoms with Gasteiger partial charge in [-0.05, 0) is 33.0 Å². The van der Waals surface area contributed by atoms with E-state index in [0.717, 1.165) is 31.4 Å². The molecule has 0 bridgehead atoms. The zero-order valence-electron chi connectivity index (χ0n) is 9.76. The molecule has 1 N–H and O–H groups in total. The molecule has 17 heavy (non-hydrogen) atoms. The topological polar surface area (TPSA) is 66.8 Å². The molecule has 0 amide bonds. The number of hydrogen-bond acceptors (Lipinski definition) is 4. The molecule has 1 aliphatic heterocycles. The number of fused-ring (bicyclic) bond motifs is 1. The number of aromatic amines is 1. The first-order valence-electron chi connectivity index (χ1n) is 5.84. The SMILES string of the molecule is CN1CCC(n2c(=O)[nH]c3ncncc32)CC1. The molecule has 0 spiro atoms. The molecule has 0 radical (unpaired) electrons. The number of piperidine rings is 1. The Balaban J connectivity index is 2.05. The summed E-state index contributed by atoms with van der Waals surface area (Å²) in [7, 11) is 2.11. The molecule has 6 nitrogen and oxygen atoms in total. The van der Waals surface area contributed by atoms with Crippen LogP contribution in [0.1, 0.15) is 18.9 Å². The van der Waals surface area contributed by atoms with Crippen LogP contribution in [0.25, 0.3) is 11.2 Å². The lowest BCUT2D eigenvalue weighted by atomic mass is 10.1. The van der Waals surface area contributed by atoms with Crippen LogP contribution in [0.15, 0.2) is 17.3 Å². The fourth-order valence-corrected chi connectivity index (χ4v) is 2.48. The number of nitrogens with zero attached hydrogens (tertiary/aromatic N) is 4. The number of H-pyrrole nitrogens is 1. The van der Waals surface area contributed by atoms with E-state index < -0.39 is 0 Å². The highest BCUT2D eigenvalue weighted by molar-refractivity contribution is 5.69. The number of imidazole rings is 1. The van der Waals surface area contributed by atoms with Gasteiger partial charge in [0.15, 0.2) is 5.65 Å². The number of nitrogens with one attached hydrogen (secondary N) is 1. The Bertz CT molecular complexity index is 579. The van der Waals surface area contributed by atoms with Crippen LogP contribution in [0, 0.1) is 0 Å². The van der Waals surface area contributed by atoms with Crippen LogP contribution in [-0.4, -0.2) is 44.6 Å². The molecule has 1 saturated heterocycles. The standard InChI is InChI=1S/C11H15N5O/c1-15-4-2-8(3-5-15)16-9-6-12-7-13-10(9)14-11(16)17/h6-8H,2-5H2,1H3,(H,12,13,14,17). The van der Waals surface area contributed by atoms with Crippen LogP contribution in [0.2, 0.25) is 0 Å².